The summed E-state index contributed by atoms with van der Waals surface area (Å²) in [5.74, 6) is -1.63. The SMILES string of the molecule is C[C@@](O)(C(=O)N1CCN(C(=O)c2ccccc2)CC1)C(F)(F)F. The van der Waals surface area contributed by atoms with E-state index >= 15 is 0 Å². The van der Waals surface area contributed by atoms with Gasteiger partial charge in [-0.1, -0.05) is 18.2 Å². The Labute approximate surface area is 131 Å². The molecule has 23 heavy (non-hydrogen) atoms. The molecule has 1 aliphatic heterocycles. The Bertz CT molecular complexity index is 579. The van der Waals surface area contributed by atoms with Gasteiger partial charge in [-0.25, -0.2) is 0 Å². The minimum absolute atomic E-state index is 0.0519. The molecule has 1 N–H and O–H groups in total. The molecule has 1 aromatic carbocycles. The number of aliphatic hydroxyl groups is 1. The van der Waals surface area contributed by atoms with Crippen molar-refractivity contribution in [3.63, 3.8) is 0 Å². The lowest BCUT2D eigenvalue weighted by Gasteiger charge is -2.38. The number of halogens is 3. The van der Waals surface area contributed by atoms with Gasteiger partial charge in [-0.15, -0.1) is 0 Å². The monoisotopic (exact) mass is 330 g/mol. The van der Waals surface area contributed by atoms with Crippen LogP contribution in [0.15, 0.2) is 30.3 Å². The molecule has 1 heterocycles. The number of amides is 2. The van der Waals surface area contributed by atoms with E-state index in [0.29, 0.717) is 12.5 Å². The molecular weight excluding hydrogens is 313 g/mol. The molecule has 2 amide bonds. The van der Waals surface area contributed by atoms with Crippen LogP contribution >= 0.6 is 0 Å². The molecule has 1 atom stereocenters. The fourth-order valence-electron chi connectivity index (χ4n) is 2.31. The minimum Gasteiger partial charge on any atom is -0.373 e. The number of nitrogens with zero attached hydrogens (tertiary/aromatic N) is 2. The van der Waals surface area contributed by atoms with Crippen LogP contribution in [0.3, 0.4) is 0 Å². The van der Waals surface area contributed by atoms with E-state index in [0.717, 1.165) is 4.90 Å². The number of rotatable bonds is 2. The third kappa shape index (κ3) is 3.47. The molecule has 1 aliphatic rings. The quantitative estimate of drug-likeness (QED) is 0.889. The first-order chi connectivity index (χ1) is 10.6. The van der Waals surface area contributed by atoms with Crippen molar-refractivity contribution in [3.8, 4) is 0 Å². The first-order valence-corrected chi connectivity index (χ1v) is 7.07. The highest BCUT2D eigenvalue weighted by molar-refractivity contribution is 5.94. The van der Waals surface area contributed by atoms with Gasteiger partial charge in [-0.3, -0.25) is 9.59 Å². The van der Waals surface area contributed by atoms with E-state index in [-0.39, 0.29) is 32.1 Å². The van der Waals surface area contributed by atoms with Gasteiger partial charge in [0.2, 0.25) is 5.60 Å². The summed E-state index contributed by atoms with van der Waals surface area (Å²) in [6.07, 6.45) is -5.04. The zero-order valence-electron chi connectivity index (χ0n) is 12.5. The highest BCUT2D eigenvalue weighted by Gasteiger charge is 2.57. The highest BCUT2D eigenvalue weighted by atomic mass is 19.4. The van der Waals surface area contributed by atoms with Crippen LogP contribution in [0.2, 0.25) is 0 Å². The van der Waals surface area contributed by atoms with Crippen LogP contribution < -0.4 is 0 Å². The molecule has 2 rings (SSSR count). The predicted molar refractivity (Wildman–Crippen MR) is 75.6 cm³/mol. The van der Waals surface area contributed by atoms with Crippen molar-refractivity contribution >= 4 is 11.8 Å². The van der Waals surface area contributed by atoms with Crippen LogP contribution in [0.5, 0.6) is 0 Å². The molecule has 0 radical (unpaired) electrons. The maximum Gasteiger partial charge on any atom is 0.426 e. The van der Waals surface area contributed by atoms with Crippen LogP contribution in [-0.2, 0) is 4.79 Å². The Kier molecular flexibility index (Phi) is 4.65. The number of benzene rings is 1. The largest absolute Gasteiger partial charge is 0.426 e. The highest BCUT2D eigenvalue weighted by Crippen LogP contribution is 2.31. The van der Waals surface area contributed by atoms with Crippen LogP contribution in [-0.4, -0.2) is 64.7 Å². The van der Waals surface area contributed by atoms with E-state index in [2.05, 4.69) is 0 Å². The third-order valence-electron chi connectivity index (χ3n) is 3.84. The summed E-state index contributed by atoms with van der Waals surface area (Å²) < 4.78 is 38.1. The molecule has 1 fully saturated rings. The van der Waals surface area contributed by atoms with Gasteiger partial charge in [0.05, 0.1) is 0 Å². The first-order valence-electron chi connectivity index (χ1n) is 7.07. The second kappa shape index (κ2) is 6.19. The van der Waals surface area contributed by atoms with E-state index in [4.69, 9.17) is 0 Å². The number of carbonyl (C=O) groups is 2. The summed E-state index contributed by atoms with van der Waals surface area (Å²) in [5.41, 5.74) is -2.94. The van der Waals surface area contributed by atoms with Crippen molar-refractivity contribution in [2.75, 3.05) is 26.2 Å². The van der Waals surface area contributed by atoms with Crippen LogP contribution in [0.1, 0.15) is 17.3 Å². The van der Waals surface area contributed by atoms with Gasteiger partial charge in [-0.2, -0.15) is 13.2 Å². The van der Waals surface area contributed by atoms with E-state index in [1.54, 1.807) is 30.3 Å². The second-order valence-electron chi connectivity index (χ2n) is 5.52. The Balaban J connectivity index is 1.99. The summed E-state index contributed by atoms with van der Waals surface area (Å²) in [5, 5.41) is 9.43. The zero-order chi connectivity index (χ0) is 17.3. The van der Waals surface area contributed by atoms with Gasteiger partial charge in [0.25, 0.3) is 11.8 Å². The van der Waals surface area contributed by atoms with E-state index in [1.807, 2.05) is 0 Å². The Morgan fingerprint density at radius 2 is 1.48 bits per heavy atom. The smallest absolute Gasteiger partial charge is 0.373 e. The molecule has 126 valence electrons. The lowest BCUT2D eigenvalue weighted by molar-refractivity contribution is -0.250. The van der Waals surface area contributed by atoms with Crippen LogP contribution in [0.25, 0.3) is 0 Å². The molecule has 0 unspecified atom stereocenters. The van der Waals surface area contributed by atoms with Crippen molar-refractivity contribution in [1.82, 2.24) is 9.80 Å². The predicted octanol–water partition coefficient (Wildman–Crippen LogP) is 1.28. The van der Waals surface area contributed by atoms with Gasteiger partial charge in [0.1, 0.15) is 0 Å². The summed E-state index contributed by atoms with van der Waals surface area (Å²) in [4.78, 5) is 26.5. The molecule has 1 saturated heterocycles. The first kappa shape index (κ1) is 17.3. The van der Waals surface area contributed by atoms with Gasteiger partial charge >= 0.3 is 6.18 Å². The van der Waals surface area contributed by atoms with Gasteiger partial charge in [0.15, 0.2) is 0 Å². The number of carbonyl (C=O) groups excluding carboxylic acids is 2. The second-order valence-corrected chi connectivity index (χ2v) is 5.52. The van der Waals surface area contributed by atoms with Crippen molar-refractivity contribution in [1.29, 1.82) is 0 Å². The molecule has 1 aromatic rings. The molecule has 8 heteroatoms. The van der Waals surface area contributed by atoms with E-state index < -0.39 is 17.7 Å². The van der Waals surface area contributed by atoms with E-state index in [1.165, 1.54) is 4.90 Å². The summed E-state index contributed by atoms with van der Waals surface area (Å²) in [7, 11) is 0. The average Bonchev–Trinajstić information content (AvgIpc) is 2.53. The molecule has 5 nitrogen and oxygen atoms in total. The van der Waals surface area contributed by atoms with E-state index in [9.17, 15) is 27.9 Å². The number of piperazine rings is 1. The van der Waals surface area contributed by atoms with Crippen molar-refractivity contribution in [3.05, 3.63) is 35.9 Å². The molecule has 0 spiro atoms. The van der Waals surface area contributed by atoms with Crippen LogP contribution in [0.4, 0.5) is 13.2 Å². The average molecular weight is 330 g/mol. The molecule has 0 aliphatic carbocycles. The molecule has 0 saturated carbocycles. The summed E-state index contributed by atoms with van der Waals surface area (Å²) in [6, 6.07) is 8.50. The molecule has 0 aromatic heterocycles. The zero-order valence-corrected chi connectivity index (χ0v) is 12.5. The van der Waals surface area contributed by atoms with Crippen LogP contribution in [0, 0.1) is 0 Å². The standard InChI is InChI=1S/C15H17F3N2O3/c1-14(23,15(16,17)18)13(22)20-9-7-19(8-10-20)12(21)11-5-3-2-4-6-11/h2-6,23H,7-10H2,1H3/t14-/m1/s1. The van der Waals surface area contributed by atoms with Crippen molar-refractivity contribution in [2.24, 2.45) is 0 Å². The van der Waals surface area contributed by atoms with Gasteiger partial charge in [-0.05, 0) is 19.1 Å². The van der Waals surface area contributed by atoms with Gasteiger partial charge < -0.3 is 14.9 Å². The maximum atomic E-state index is 12.7. The minimum atomic E-state index is -5.04. The fourth-order valence-corrected chi connectivity index (χ4v) is 2.31. The molecular formula is C15H17F3N2O3. The fraction of sp³-hybridized carbons (Fsp3) is 0.467. The third-order valence-corrected chi connectivity index (χ3v) is 3.84. The Hall–Kier alpha value is -2.09. The lowest BCUT2D eigenvalue weighted by Crippen LogP contribution is -2.60. The number of hydrogen-bond donors (Lipinski definition) is 1. The van der Waals surface area contributed by atoms with Crippen molar-refractivity contribution in [2.45, 2.75) is 18.7 Å². The Morgan fingerprint density at radius 3 is 1.96 bits per heavy atom. The van der Waals surface area contributed by atoms with Gasteiger partial charge in [0, 0.05) is 31.7 Å². The lowest BCUT2D eigenvalue weighted by atomic mass is 10.0. The Morgan fingerprint density at radius 1 is 1.00 bits per heavy atom. The normalized spacial score (nSPS) is 18.5. The number of alkyl halides is 3. The van der Waals surface area contributed by atoms with Crippen molar-refractivity contribution < 1.29 is 27.9 Å². The summed E-state index contributed by atoms with van der Waals surface area (Å²) in [6.45, 7) is 0.574. The number of hydrogen-bond acceptors (Lipinski definition) is 3. The topological polar surface area (TPSA) is 60.9 Å². The summed E-state index contributed by atoms with van der Waals surface area (Å²) >= 11 is 0. The maximum absolute atomic E-state index is 12.7. The molecule has 0 bridgehead atoms.